The predicted molar refractivity (Wildman–Crippen MR) is 103 cm³/mol. The smallest absolute Gasteiger partial charge is 0.347 e. The van der Waals surface area contributed by atoms with Crippen LogP contribution in [0.2, 0.25) is 0 Å². The third-order valence-corrected chi connectivity index (χ3v) is 4.71. The lowest BCUT2D eigenvalue weighted by atomic mass is 10.1. The lowest BCUT2D eigenvalue weighted by molar-refractivity contribution is -0.137. The third-order valence-electron chi connectivity index (χ3n) is 4.71. The molecular formula is C21H19F3N2O2. The first kappa shape index (κ1) is 19.7. The van der Waals surface area contributed by atoms with Crippen LogP contribution in [0.25, 0.3) is 10.9 Å². The summed E-state index contributed by atoms with van der Waals surface area (Å²) in [6.07, 6.45) is -3.19. The van der Waals surface area contributed by atoms with Gasteiger partial charge in [0.25, 0.3) is 5.91 Å². The van der Waals surface area contributed by atoms with E-state index in [4.69, 9.17) is 0 Å². The number of aromatic nitrogens is 1. The number of carbonyl (C=O) groups excluding carboxylic acids is 1. The number of hydrogen-bond acceptors (Lipinski definition) is 2. The summed E-state index contributed by atoms with van der Waals surface area (Å²) in [7, 11) is 0. The number of pyridine rings is 1. The van der Waals surface area contributed by atoms with Crippen LogP contribution in [0.3, 0.4) is 0 Å². The number of amides is 1. The maximum Gasteiger partial charge on any atom is 0.416 e. The maximum atomic E-state index is 13.1. The van der Waals surface area contributed by atoms with Gasteiger partial charge in [0, 0.05) is 23.8 Å². The monoisotopic (exact) mass is 388 g/mol. The Hall–Kier alpha value is -3.09. The van der Waals surface area contributed by atoms with Gasteiger partial charge in [-0.05, 0) is 50.1 Å². The van der Waals surface area contributed by atoms with Crippen molar-refractivity contribution >= 4 is 22.5 Å². The van der Waals surface area contributed by atoms with Crippen LogP contribution < -0.4 is 10.7 Å². The molecule has 1 heterocycles. The number of para-hydroxylation sites is 1. The van der Waals surface area contributed by atoms with E-state index in [2.05, 4.69) is 5.32 Å². The van der Waals surface area contributed by atoms with Gasteiger partial charge in [0.2, 0.25) is 5.43 Å². The minimum Gasteiger partial charge on any atom is -0.347 e. The molecule has 0 spiro atoms. The molecule has 0 fully saturated rings. The molecule has 28 heavy (non-hydrogen) atoms. The molecule has 1 amide bonds. The molecule has 146 valence electrons. The number of rotatable bonds is 3. The number of anilines is 1. The summed E-state index contributed by atoms with van der Waals surface area (Å²) in [5.74, 6) is -0.649. The number of fused-ring (bicyclic) bond motifs is 1. The minimum absolute atomic E-state index is 0.133. The fourth-order valence-electron chi connectivity index (χ4n) is 3.19. The van der Waals surface area contributed by atoms with Crippen LogP contribution in [0, 0.1) is 13.8 Å². The summed E-state index contributed by atoms with van der Waals surface area (Å²) < 4.78 is 40.8. The van der Waals surface area contributed by atoms with Crippen LogP contribution in [0.1, 0.15) is 34.0 Å². The summed E-state index contributed by atoms with van der Waals surface area (Å²) in [6.45, 7) is 5.83. The molecule has 0 unspecified atom stereocenters. The van der Waals surface area contributed by atoms with Gasteiger partial charge in [0.1, 0.15) is 5.56 Å². The number of hydrogen-bond donors (Lipinski definition) is 1. The topological polar surface area (TPSA) is 51.1 Å². The zero-order valence-corrected chi connectivity index (χ0v) is 15.6. The Balaban J connectivity index is 2.16. The fraction of sp³-hybridized carbons (Fsp3) is 0.238. The summed E-state index contributed by atoms with van der Waals surface area (Å²) in [4.78, 5) is 25.6. The number of carbonyl (C=O) groups is 1. The van der Waals surface area contributed by atoms with Crippen molar-refractivity contribution in [3.63, 3.8) is 0 Å². The van der Waals surface area contributed by atoms with Gasteiger partial charge in [-0.3, -0.25) is 9.59 Å². The normalized spacial score (nSPS) is 11.6. The average Bonchev–Trinajstić information content (AvgIpc) is 2.64. The number of nitrogens with zero attached hydrogens (tertiary/aromatic N) is 1. The van der Waals surface area contributed by atoms with E-state index in [-0.39, 0.29) is 10.9 Å². The first-order valence-electron chi connectivity index (χ1n) is 8.75. The third kappa shape index (κ3) is 3.52. The molecule has 4 nitrogen and oxygen atoms in total. The van der Waals surface area contributed by atoms with E-state index in [1.165, 1.54) is 12.3 Å². The molecule has 0 radical (unpaired) electrons. The molecule has 0 aliphatic rings. The molecular weight excluding hydrogens is 369 g/mol. The summed E-state index contributed by atoms with van der Waals surface area (Å²) in [6, 6.07) is 8.49. The number of nitrogens with one attached hydrogen (secondary N) is 1. The van der Waals surface area contributed by atoms with E-state index in [1.807, 2.05) is 32.0 Å². The van der Waals surface area contributed by atoms with Gasteiger partial charge < -0.3 is 9.88 Å². The van der Waals surface area contributed by atoms with Gasteiger partial charge in [-0.15, -0.1) is 0 Å². The largest absolute Gasteiger partial charge is 0.416 e. The highest BCUT2D eigenvalue weighted by Crippen LogP contribution is 2.31. The Kier molecular flexibility index (Phi) is 5.02. The van der Waals surface area contributed by atoms with Crippen LogP contribution in [0.5, 0.6) is 0 Å². The number of benzene rings is 2. The summed E-state index contributed by atoms with van der Waals surface area (Å²) in [5, 5.41) is 2.59. The highest BCUT2D eigenvalue weighted by molar-refractivity contribution is 6.06. The molecule has 0 bridgehead atoms. The van der Waals surface area contributed by atoms with Crippen molar-refractivity contribution in [2.45, 2.75) is 33.5 Å². The van der Waals surface area contributed by atoms with E-state index in [0.29, 0.717) is 17.7 Å². The highest BCUT2D eigenvalue weighted by Gasteiger charge is 2.31. The van der Waals surface area contributed by atoms with Crippen molar-refractivity contribution < 1.29 is 18.0 Å². The molecule has 0 aliphatic carbocycles. The highest BCUT2D eigenvalue weighted by atomic mass is 19.4. The van der Waals surface area contributed by atoms with Crippen LogP contribution in [0.15, 0.2) is 47.4 Å². The zero-order chi connectivity index (χ0) is 20.6. The van der Waals surface area contributed by atoms with Crippen molar-refractivity contribution in [3.05, 3.63) is 75.1 Å². The fourth-order valence-corrected chi connectivity index (χ4v) is 3.19. The Labute approximate surface area is 159 Å². The number of alkyl halides is 3. The molecule has 0 aliphatic heterocycles. The molecule has 0 atom stereocenters. The van der Waals surface area contributed by atoms with E-state index in [0.717, 1.165) is 23.3 Å². The van der Waals surface area contributed by atoms with Gasteiger partial charge in [0.05, 0.1) is 11.1 Å². The first-order chi connectivity index (χ1) is 13.1. The molecule has 0 saturated heterocycles. The predicted octanol–water partition coefficient (Wildman–Crippen LogP) is 4.91. The van der Waals surface area contributed by atoms with Crippen molar-refractivity contribution in [3.8, 4) is 0 Å². The lowest BCUT2D eigenvalue weighted by Gasteiger charge is -2.15. The molecule has 3 rings (SSSR count). The molecule has 7 heteroatoms. The average molecular weight is 388 g/mol. The van der Waals surface area contributed by atoms with Crippen molar-refractivity contribution in [2.24, 2.45) is 0 Å². The van der Waals surface area contributed by atoms with Crippen molar-refractivity contribution in [1.82, 2.24) is 4.57 Å². The van der Waals surface area contributed by atoms with Crippen LogP contribution >= 0.6 is 0 Å². The Morgan fingerprint density at radius 1 is 1.11 bits per heavy atom. The van der Waals surface area contributed by atoms with E-state index >= 15 is 0 Å². The van der Waals surface area contributed by atoms with E-state index < -0.39 is 23.1 Å². The molecule has 0 saturated carbocycles. The van der Waals surface area contributed by atoms with E-state index in [9.17, 15) is 22.8 Å². The van der Waals surface area contributed by atoms with Crippen molar-refractivity contribution in [2.75, 3.05) is 5.32 Å². The second-order valence-corrected chi connectivity index (χ2v) is 6.61. The lowest BCUT2D eigenvalue weighted by Crippen LogP contribution is -2.24. The van der Waals surface area contributed by atoms with E-state index in [1.54, 1.807) is 11.5 Å². The molecule has 3 aromatic rings. The SMILES string of the molecule is CCn1cc(C(=O)Nc2c(C)cccc2C)c(=O)c2cc(C(F)(F)F)ccc21. The molecule has 2 aromatic carbocycles. The van der Waals surface area contributed by atoms with Gasteiger partial charge in [-0.1, -0.05) is 18.2 Å². The maximum absolute atomic E-state index is 13.1. The van der Waals surface area contributed by atoms with Gasteiger partial charge in [-0.2, -0.15) is 13.2 Å². The van der Waals surface area contributed by atoms with Crippen LogP contribution in [-0.2, 0) is 12.7 Å². The second-order valence-electron chi connectivity index (χ2n) is 6.61. The Bertz CT molecular complexity index is 1110. The second kappa shape index (κ2) is 7.14. The van der Waals surface area contributed by atoms with Gasteiger partial charge in [0.15, 0.2) is 0 Å². The number of aryl methyl sites for hydroxylation is 3. The quantitative estimate of drug-likeness (QED) is 0.693. The van der Waals surface area contributed by atoms with Crippen LogP contribution in [-0.4, -0.2) is 10.5 Å². The van der Waals surface area contributed by atoms with Crippen LogP contribution in [0.4, 0.5) is 18.9 Å². The van der Waals surface area contributed by atoms with Gasteiger partial charge in [-0.25, -0.2) is 0 Å². The molecule has 1 aromatic heterocycles. The molecule has 1 N–H and O–H groups in total. The summed E-state index contributed by atoms with van der Waals surface area (Å²) >= 11 is 0. The number of halogens is 3. The Morgan fingerprint density at radius 3 is 2.32 bits per heavy atom. The van der Waals surface area contributed by atoms with Gasteiger partial charge >= 0.3 is 6.18 Å². The first-order valence-corrected chi connectivity index (χ1v) is 8.75. The van der Waals surface area contributed by atoms with Crippen molar-refractivity contribution in [1.29, 1.82) is 0 Å². The Morgan fingerprint density at radius 2 is 1.75 bits per heavy atom. The minimum atomic E-state index is -4.58. The zero-order valence-electron chi connectivity index (χ0n) is 15.6. The summed E-state index contributed by atoms with van der Waals surface area (Å²) in [5.41, 5.74) is 0.731. The standard InChI is InChI=1S/C21H19F3N2O2/c1-4-26-11-16(20(28)25-18-12(2)6-5-7-13(18)3)19(27)15-10-14(21(22,23)24)8-9-17(15)26/h5-11H,4H2,1-3H3,(H,25,28).